The highest BCUT2D eigenvalue weighted by molar-refractivity contribution is 9.10. The molecule has 2 N–H and O–H groups in total. The summed E-state index contributed by atoms with van der Waals surface area (Å²) in [7, 11) is 1.86. The van der Waals surface area contributed by atoms with Crippen molar-refractivity contribution in [1.29, 1.82) is 0 Å². The first-order valence-corrected chi connectivity index (χ1v) is 6.05. The van der Waals surface area contributed by atoms with E-state index in [1.807, 2.05) is 7.05 Å². The summed E-state index contributed by atoms with van der Waals surface area (Å²) in [5, 5.41) is 17.7. The Morgan fingerprint density at radius 1 is 1.73 bits per heavy atom. The molecule has 0 radical (unpaired) electrons. The number of aliphatic hydroxyl groups is 1. The van der Waals surface area contributed by atoms with Crippen molar-refractivity contribution in [3.8, 4) is 0 Å². The van der Waals surface area contributed by atoms with E-state index in [9.17, 15) is 5.11 Å². The molecular weight excluding hydrogens is 258 g/mol. The first-order valence-electron chi connectivity index (χ1n) is 5.26. The minimum Gasteiger partial charge on any atom is -0.386 e. The van der Waals surface area contributed by atoms with Crippen molar-refractivity contribution >= 4 is 15.9 Å². The Morgan fingerprint density at radius 3 is 3.07 bits per heavy atom. The van der Waals surface area contributed by atoms with Gasteiger partial charge in [0.05, 0.1) is 16.4 Å². The third kappa shape index (κ3) is 2.24. The molecule has 1 aliphatic heterocycles. The predicted molar refractivity (Wildman–Crippen MR) is 61.5 cm³/mol. The molecule has 4 nitrogen and oxygen atoms in total. The number of aromatic nitrogens is 2. The third-order valence-corrected chi connectivity index (χ3v) is 3.61. The molecule has 1 aliphatic rings. The smallest absolute Gasteiger partial charge is 0.101 e. The summed E-state index contributed by atoms with van der Waals surface area (Å²) in [6.07, 6.45) is 3.51. The van der Waals surface area contributed by atoms with Gasteiger partial charge in [-0.1, -0.05) is 0 Å². The number of hydrogen-bond donors (Lipinski definition) is 2. The summed E-state index contributed by atoms with van der Waals surface area (Å²) in [6, 6.07) is 0. The highest BCUT2D eigenvalue weighted by atomic mass is 79.9. The van der Waals surface area contributed by atoms with E-state index < -0.39 is 6.10 Å². The van der Waals surface area contributed by atoms with E-state index >= 15 is 0 Å². The molecule has 0 amide bonds. The Hall–Kier alpha value is -0.390. The van der Waals surface area contributed by atoms with Gasteiger partial charge >= 0.3 is 0 Å². The third-order valence-electron chi connectivity index (χ3n) is 3.00. The van der Waals surface area contributed by atoms with Crippen LogP contribution in [0.5, 0.6) is 0 Å². The van der Waals surface area contributed by atoms with Crippen LogP contribution < -0.4 is 5.32 Å². The molecule has 1 fully saturated rings. The lowest BCUT2D eigenvalue weighted by Gasteiger charge is -2.27. The van der Waals surface area contributed by atoms with Gasteiger partial charge < -0.3 is 10.4 Å². The summed E-state index contributed by atoms with van der Waals surface area (Å²) in [5.74, 6) is 0.297. The van der Waals surface area contributed by atoms with Crippen LogP contribution in [0.25, 0.3) is 0 Å². The van der Waals surface area contributed by atoms with Gasteiger partial charge in [0.25, 0.3) is 0 Å². The van der Waals surface area contributed by atoms with E-state index in [0.29, 0.717) is 5.92 Å². The maximum atomic E-state index is 10.3. The van der Waals surface area contributed by atoms with Crippen molar-refractivity contribution in [3.05, 3.63) is 16.4 Å². The molecule has 0 aromatic carbocycles. The zero-order valence-electron chi connectivity index (χ0n) is 8.78. The zero-order valence-corrected chi connectivity index (χ0v) is 10.4. The second kappa shape index (κ2) is 4.63. The predicted octanol–water partition coefficient (Wildman–Crippen LogP) is 1.22. The van der Waals surface area contributed by atoms with Crippen LogP contribution in [0.2, 0.25) is 0 Å². The highest BCUT2D eigenvalue weighted by Gasteiger charge is 2.26. The van der Waals surface area contributed by atoms with E-state index in [2.05, 4.69) is 26.3 Å². The van der Waals surface area contributed by atoms with Gasteiger partial charge in [0.15, 0.2) is 0 Å². The Bertz CT molecular complexity index is 314. The quantitative estimate of drug-likeness (QED) is 0.852. The number of rotatable bonds is 2. The average molecular weight is 274 g/mol. The largest absolute Gasteiger partial charge is 0.386 e. The van der Waals surface area contributed by atoms with Crippen LogP contribution in [-0.4, -0.2) is 28.0 Å². The molecule has 0 spiro atoms. The molecule has 2 rings (SSSR count). The van der Waals surface area contributed by atoms with E-state index in [1.54, 1.807) is 10.9 Å². The number of aliphatic hydroxyl groups excluding tert-OH is 1. The second-order valence-corrected chi connectivity index (χ2v) is 4.91. The summed E-state index contributed by atoms with van der Waals surface area (Å²) >= 11 is 3.42. The van der Waals surface area contributed by atoms with Gasteiger partial charge in [-0.25, -0.2) is 0 Å². The van der Waals surface area contributed by atoms with E-state index in [4.69, 9.17) is 0 Å². The Kier molecular flexibility index (Phi) is 3.43. The number of piperidine rings is 1. The van der Waals surface area contributed by atoms with Crippen LogP contribution in [0.1, 0.15) is 24.6 Å². The zero-order chi connectivity index (χ0) is 10.8. The van der Waals surface area contributed by atoms with Crippen LogP contribution in [0.3, 0.4) is 0 Å². The molecule has 2 heterocycles. The SMILES string of the molecule is Cn1ncc(Br)c1C(O)C1CCCNC1. The molecular formula is C10H16BrN3O. The number of hydrogen-bond acceptors (Lipinski definition) is 3. The normalized spacial score (nSPS) is 24.1. The fraction of sp³-hybridized carbons (Fsp3) is 0.700. The van der Waals surface area contributed by atoms with Gasteiger partial charge in [-0.3, -0.25) is 4.68 Å². The van der Waals surface area contributed by atoms with Crippen LogP contribution in [0.4, 0.5) is 0 Å². The fourth-order valence-corrected chi connectivity index (χ4v) is 2.71. The van der Waals surface area contributed by atoms with Crippen molar-refractivity contribution in [3.63, 3.8) is 0 Å². The van der Waals surface area contributed by atoms with E-state index in [-0.39, 0.29) is 0 Å². The van der Waals surface area contributed by atoms with Gasteiger partial charge in [-0.05, 0) is 35.3 Å². The maximum Gasteiger partial charge on any atom is 0.101 e. The number of nitrogens with one attached hydrogen (secondary N) is 1. The van der Waals surface area contributed by atoms with Crippen molar-refractivity contribution < 1.29 is 5.11 Å². The number of halogens is 1. The lowest BCUT2D eigenvalue weighted by atomic mass is 9.92. The van der Waals surface area contributed by atoms with Gasteiger partial charge in [-0.2, -0.15) is 5.10 Å². The maximum absolute atomic E-state index is 10.3. The Labute approximate surface area is 97.8 Å². The number of aryl methyl sites for hydroxylation is 1. The van der Waals surface area contributed by atoms with Crippen LogP contribution in [0.15, 0.2) is 10.7 Å². The van der Waals surface area contributed by atoms with Gasteiger partial charge in [0.2, 0.25) is 0 Å². The minimum absolute atomic E-state index is 0.297. The molecule has 1 aromatic heterocycles. The van der Waals surface area contributed by atoms with Gasteiger partial charge in [-0.15, -0.1) is 0 Å². The number of nitrogens with zero attached hydrogens (tertiary/aromatic N) is 2. The molecule has 15 heavy (non-hydrogen) atoms. The van der Waals surface area contributed by atoms with E-state index in [0.717, 1.165) is 36.1 Å². The van der Waals surface area contributed by atoms with Crippen molar-refractivity contribution in [2.45, 2.75) is 18.9 Å². The van der Waals surface area contributed by atoms with Crippen molar-refractivity contribution in [2.75, 3.05) is 13.1 Å². The summed E-state index contributed by atoms with van der Waals surface area (Å²) in [4.78, 5) is 0. The van der Waals surface area contributed by atoms with Crippen LogP contribution >= 0.6 is 15.9 Å². The standard InChI is InChI=1S/C10H16BrN3O/c1-14-9(8(11)6-13-14)10(15)7-3-2-4-12-5-7/h6-7,10,12,15H,2-5H2,1H3. The average Bonchev–Trinajstić information content (AvgIpc) is 2.59. The molecule has 1 saturated heterocycles. The lowest BCUT2D eigenvalue weighted by Crippen LogP contribution is -2.34. The summed E-state index contributed by atoms with van der Waals surface area (Å²) < 4.78 is 2.63. The Morgan fingerprint density at radius 2 is 2.53 bits per heavy atom. The summed E-state index contributed by atoms with van der Waals surface area (Å²) in [6.45, 7) is 1.95. The topological polar surface area (TPSA) is 50.1 Å². The van der Waals surface area contributed by atoms with Crippen molar-refractivity contribution in [1.82, 2.24) is 15.1 Å². The van der Waals surface area contributed by atoms with Crippen LogP contribution in [0, 0.1) is 5.92 Å². The van der Waals surface area contributed by atoms with Gasteiger partial charge in [0, 0.05) is 19.5 Å². The lowest BCUT2D eigenvalue weighted by molar-refractivity contribution is 0.0842. The molecule has 2 unspecified atom stereocenters. The first-order chi connectivity index (χ1) is 7.20. The molecule has 0 bridgehead atoms. The van der Waals surface area contributed by atoms with E-state index in [1.165, 1.54) is 0 Å². The molecule has 5 heteroatoms. The molecule has 0 aliphatic carbocycles. The van der Waals surface area contributed by atoms with Crippen LogP contribution in [-0.2, 0) is 7.05 Å². The fourth-order valence-electron chi connectivity index (χ4n) is 2.12. The Balaban J connectivity index is 2.15. The highest BCUT2D eigenvalue weighted by Crippen LogP contribution is 2.31. The molecule has 0 saturated carbocycles. The second-order valence-electron chi connectivity index (χ2n) is 4.05. The molecule has 84 valence electrons. The van der Waals surface area contributed by atoms with Gasteiger partial charge in [0.1, 0.15) is 6.10 Å². The monoisotopic (exact) mass is 273 g/mol. The minimum atomic E-state index is -0.431. The molecule has 1 aromatic rings. The molecule has 2 atom stereocenters. The van der Waals surface area contributed by atoms with Crippen molar-refractivity contribution in [2.24, 2.45) is 13.0 Å². The first kappa shape index (κ1) is 11.1. The summed E-state index contributed by atoms with van der Waals surface area (Å²) in [5.41, 5.74) is 0.878.